The van der Waals surface area contributed by atoms with Crippen molar-refractivity contribution in [1.29, 1.82) is 0 Å². The maximum absolute atomic E-state index is 9.85. The maximum atomic E-state index is 9.85. The van der Waals surface area contributed by atoms with E-state index in [9.17, 15) is 5.11 Å². The van der Waals surface area contributed by atoms with Gasteiger partial charge in [0.25, 0.3) is 0 Å². The lowest BCUT2D eigenvalue weighted by Gasteiger charge is -2.32. The van der Waals surface area contributed by atoms with Gasteiger partial charge in [-0.1, -0.05) is 0 Å². The highest BCUT2D eigenvalue weighted by atomic mass is 16.5. The summed E-state index contributed by atoms with van der Waals surface area (Å²) in [6.45, 7) is 1.06. The van der Waals surface area contributed by atoms with E-state index < -0.39 is 0 Å². The van der Waals surface area contributed by atoms with Crippen LogP contribution >= 0.6 is 0 Å². The molecule has 0 amide bonds. The summed E-state index contributed by atoms with van der Waals surface area (Å²) in [4.78, 5) is 4.37. The van der Waals surface area contributed by atoms with Crippen LogP contribution in [0.2, 0.25) is 0 Å². The summed E-state index contributed by atoms with van der Waals surface area (Å²) in [5, 5.41) is 9.85. The van der Waals surface area contributed by atoms with Gasteiger partial charge in [-0.2, -0.15) is 0 Å². The Labute approximate surface area is 108 Å². The maximum Gasteiger partial charge on any atom is 0.108 e. The van der Waals surface area contributed by atoms with Crippen molar-refractivity contribution >= 4 is 0 Å². The number of nitrogens with zero attached hydrogens (tertiary/aromatic N) is 2. The highest BCUT2D eigenvalue weighted by Crippen LogP contribution is 2.49. The molecule has 1 aromatic heterocycles. The van der Waals surface area contributed by atoms with Crippen molar-refractivity contribution in [3.05, 3.63) is 18.2 Å². The van der Waals surface area contributed by atoms with Gasteiger partial charge in [0.2, 0.25) is 0 Å². The summed E-state index contributed by atoms with van der Waals surface area (Å²) >= 11 is 0. The average molecular weight is 250 g/mol. The molecule has 4 heteroatoms. The van der Waals surface area contributed by atoms with Crippen molar-refractivity contribution < 1.29 is 9.84 Å². The van der Waals surface area contributed by atoms with E-state index in [-0.39, 0.29) is 18.1 Å². The molecule has 1 aromatic rings. The second-order valence-electron chi connectivity index (χ2n) is 5.85. The minimum atomic E-state index is -0.0207. The summed E-state index contributed by atoms with van der Waals surface area (Å²) < 4.78 is 7.96. The first-order chi connectivity index (χ1) is 8.75. The third-order valence-corrected chi connectivity index (χ3v) is 4.63. The molecule has 1 N–H and O–H groups in total. The Bertz CT molecular complexity index is 414. The van der Waals surface area contributed by atoms with Crippen LogP contribution in [0.3, 0.4) is 0 Å². The normalized spacial score (nSPS) is 32.0. The van der Waals surface area contributed by atoms with Gasteiger partial charge >= 0.3 is 0 Å². The smallest absolute Gasteiger partial charge is 0.108 e. The number of ether oxygens (including phenoxy) is 1. The zero-order valence-electron chi connectivity index (χ0n) is 11.0. The fourth-order valence-electron chi connectivity index (χ4n) is 3.26. The van der Waals surface area contributed by atoms with Crippen LogP contribution in [-0.2, 0) is 18.2 Å². The molecule has 0 bridgehead atoms. The van der Waals surface area contributed by atoms with Crippen molar-refractivity contribution in [2.75, 3.05) is 13.2 Å². The van der Waals surface area contributed by atoms with E-state index in [1.165, 1.54) is 12.8 Å². The monoisotopic (exact) mass is 250 g/mol. The molecule has 3 rings (SSSR count). The second-order valence-corrected chi connectivity index (χ2v) is 5.85. The zero-order chi connectivity index (χ0) is 12.6. The lowest BCUT2D eigenvalue weighted by Crippen LogP contribution is -2.37. The van der Waals surface area contributed by atoms with Crippen LogP contribution in [0, 0.1) is 11.3 Å². The van der Waals surface area contributed by atoms with Gasteiger partial charge in [-0.25, -0.2) is 4.98 Å². The quantitative estimate of drug-likeness (QED) is 0.862. The summed E-state index contributed by atoms with van der Waals surface area (Å²) in [5.41, 5.74) is -0.0207. The fourth-order valence-corrected chi connectivity index (χ4v) is 3.26. The van der Waals surface area contributed by atoms with Crippen LogP contribution < -0.4 is 0 Å². The van der Waals surface area contributed by atoms with E-state index in [0.717, 1.165) is 31.7 Å². The number of rotatable bonds is 5. The van der Waals surface area contributed by atoms with E-state index in [0.29, 0.717) is 5.92 Å². The highest BCUT2D eigenvalue weighted by Gasteiger charge is 2.50. The fraction of sp³-hybridized carbons (Fsp3) is 0.786. The minimum absolute atomic E-state index is 0.0207. The predicted molar refractivity (Wildman–Crippen MR) is 68.1 cm³/mol. The van der Waals surface area contributed by atoms with Crippen molar-refractivity contribution in [3.63, 3.8) is 0 Å². The predicted octanol–water partition coefficient (Wildman–Crippen LogP) is 1.53. The van der Waals surface area contributed by atoms with E-state index in [2.05, 4.69) is 9.55 Å². The molecule has 0 aromatic carbocycles. The Morgan fingerprint density at radius 2 is 2.39 bits per heavy atom. The van der Waals surface area contributed by atoms with Gasteiger partial charge in [-0.15, -0.1) is 0 Å². The van der Waals surface area contributed by atoms with E-state index >= 15 is 0 Å². The molecule has 2 atom stereocenters. The molecule has 2 fully saturated rings. The zero-order valence-corrected chi connectivity index (χ0v) is 11.0. The van der Waals surface area contributed by atoms with Gasteiger partial charge in [-0.05, 0) is 31.6 Å². The molecule has 1 saturated heterocycles. The molecule has 1 aliphatic heterocycles. The molecular formula is C14H22N2O2. The Hall–Kier alpha value is -0.870. The summed E-state index contributed by atoms with van der Waals surface area (Å²) in [7, 11) is 2.03. The van der Waals surface area contributed by atoms with Gasteiger partial charge < -0.3 is 14.4 Å². The molecular weight excluding hydrogens is 228 g/mol. The van der Waals surface area contributed by atoms with E-state index in [1.807, 2.05) is 19.4 Å². The summed E-state index contributed by atoms with van der Waals surface area (Å²) in [6.07, 6.45) is 9.54. The van der Waals surface area contributed by atoms with Crippen LogP contribution in [0.1, 0.15) is 31.5 Å². The molecule has 2 heterocycles. The molecule has 0 radical (unpaired) electrons. The standard InChI is InChI=1S/C14H22N2O2/c1-16-8-7-15-12(16)4-5-14(10-17)6-9-18-13(14)11-2-3-11/h7-8,11,13,17H,2-6,9-10H2,1H3. The lowest BCUT2D eigenvalue weighted by atomic mass is 9.76. The molecule has 1 aliphatic carbocycles. The number of aromatic nitrogens is 2. The highest BCUT2D eigenvalue weighted by molar-refractivity contribution is 5.01. The lowest BCUT2D eigenvalue weighted by molar-refractivity contribution is -0.00434. The SMILES string of the molecule is Cn1ccnc1CCC1(CO)CCOC1C1CC1. The second kappa shape index (κ2) is 4.67. The number of hydrogen-bond acceptors (Lipinski definition) is 3. The Morgan fingerprint density at radius 3 is 3.00 bits per heavy atom. The molecule has 2 aliphatic rings. The molecule has 2 unspecified atom stereocenters. The topological polar surface area (TPSA) is 47.3 Å². The number of aliphatic hydroxyl groups is 1. The number of hydrogen-bond donors (Lipinski definition) is 1. The van der Waals surface area contributed by atoms with Crippen LogP contribution in [-0.4, -0.2) is 34.0 Å². The molecule has 0 spiro atoms. The van der Waals surface area contributed by atoms with Gasteiger partial charge in [-0.3, -0.25) is 0 Å². The molecule has 18 heavy (non-hydrogen) atoms. The largest absolute Gasteiger partial charge is 0.396 e. The average Bonchev–Trinajstić information content (AvgIpc) is 3.01. The number of aliphatic hydroxyl groups excluding tert-OH is 1. The van der Waals surface area contributed by atoms with E-state index in [1.54, 1.807) is 0 Å². The van der Waals surface area contributed by atoms with Crippen molar-refractivity contribution in [3.8, 4) is 0 Å². The van der Waals surface area contributed by atoms with Gasteiger partial charge in [0, 0.05) is 37.9 Å². The van der Waals surface area contributed by atoms with Crippen LogP contribution in [0.4, 0.5) is 0 Å². The Kier molecular flexibility index (Phi) is 3.16. The Balaban J connectivity index is 1.69. The third kappa shape index (κ3) is 2.08. The van der Waals surface area contributed by atoms with Crippen molar-refractivity contribution in [2.24, 2.45) is 18.4 Å². The first kappa shape index (κ1) is 12.2. The third-order valence-electron chi connectivity index (χ3n) is 4.63. The van der Waals surface area contributed by atoms with E-state index in [4.69, 9.17) is 4.74 Å². The van der Waals surface area contributed by atoms with Crippen LogP contribution in [0.5, 0.6) is 0 Å². The molecule has 4 nitrogen and oxygen atoms in total. The van der Waals surface area contributed by atoms with Gasteiger partial charge in [0.15, 0.2) is 0 Å². The van der Waals surface area contributed by atoms with Crippen molar-refractivity contribution in [1.82, 2.24) is 9.55 Å². The van der Waals surface area contributed by atoms with Gasteiger partial charge in [0.1, 0.15) is 5.82 Å². The molecule has 1 saturated carbocycles. The first-order valence-corrected chi connectivity index (χ1v) is 6.94. The van der Waals surface area contributed by atoms with Crippen molar-refractivity contribution in [2.45, 2.75) is 38.2 Å². The summed E-state index contributed by atoms with van der Waals surface area (Å²) in [5.74, 6) is 1.80. The van der Waals surface area contributed by atoms with Gasteiger partial charge in [0.05, 0.1) is 12.7 Å². The van der Waals surface area contributed by atoms with Crippen LogP contribution in [0.25, 0.3) is 0 Å². The first-order valence-electron chi connectivity index (χ1n) is 6.94. The van der Waals surface area contributed by atoms with Crippen LogP contribution in [0.15, 0.2) is 12.4 Å². The Morgan fingerprint density at radius 1 is 1.56 bits per heavy atom. The minimum Gasteiger partial charge on any atom is -0.396 e. The molecule has 100 valence electrons. The number of imidazole rings is 1. The summed E-state index contributed by atoms with van der Waals surface area (Å²) in [6, 6.07) is 0. The number of aryl methyl sites for hydroxylation is 2.